The quantitative estimate of drug-likeness (QED) is 0.662. The van der Waals surface area contributed by atoms with E-state index in [1.807, 2.05) is 20.8 Å². The van der Waals surface area contributed by atoms with Crippen LogP contribution in [-0.4, -0.2) is 48.6 Å². The van der Waals surface area contributed by atoms with E-state index in [-0.39, 0.29) is 29.8 Å². The molecule has 0 spiro atoms. The van der Waals surface area contributed by atoms with Crippen LogP contribution in [0.4, 0.5) is 0 Å². The molecule has 0 saturated carbocycles. The molecule has 0 aromatic heterocycles. The lowest BCUT2D eigenvalue weighted by Gasteiger charge is -2.41. The molecule has 1 aliphatic rings. The Labute approximate surface area is 128 Å². The summed E-state index contributed by atoms with van der Waals surface area (Å²) in [7, 11) is 0. The van der Waals surface area contributed by atoms with Crippen LogP contribution < -0.4 is 5.32 Å². The van der Waals surface area contributed by atoms with E-state index in [9.17, 15) is 9.59 Å². The van der Waals surface area contributed by atoms with E-state index in [0.29, 0.717) is 19.6 Å². The van der Waals surface area contributed by atoms with Crippen LogP contribution in [0.2, 0.25) is 0 Å². The highest BCUT2D eigenvalue weighted by Gasteiger charge is 2.40. The number of hydrogen-bond donors (Lipinski definition) is 1. The van der Waals surface area contributed by atoms with Crippen LogP contribution in [0.5, 0.6) is 0 Å². The molecule has 5 heteroatoms. The molecule has 1 saturated heterocycles. The van der Waals surface area contributed by atoms with E-state index in [2.05, 4.69) is 12.2 Å². The molecule has 5 nitrogen and oxygen atoms in total. The summed E-state index contributed by atoms with van der Waals surface area (Å²) in [5, 5.41) is 2.88. The van der Waals surface area contributed by atoms with Crippen molar-refractivity contribution in [2.45, 2.75) is 65.5 Å². The van der Waals surface area contributed by atoms with Gasteiger partial charge in [0.05, 0.1) is 0 Å². The zero-order valence-electron chi connectivity index (χ0n) is 13.9. The fourth-order valence-corrected chi connectivity index (χ4v) is 2.78. The highest BCUT2D eigenvalue weighted by atomic mass is 16.5. The van der Waals surface area contributed by atoms with Crippen molar-refractivity contribution < 1.29 is 14.3 Å². The predicted molar refractivity (Wildman–Crippen MR) is 82.9 cm³/mol. The summed E-state index contributed by atoms with van der Waals surface area (Å²) in [6.45, 7) is 10.1. The molecule has 1 heterocycles. The molecule has 1 fully saturated rings. The normalized spacial score (nSPS) is 22.8. The highest BCUT2D eigenvalue weighted by molar-refractivity contribution is 5.97. The number of amides is 2. The van der Waals surface area contributed by atoms with E-state index in [1.54, 1.807) is 4.90 Å². The molecule has 0 aliphatic carbocycles. The Hall–Kier alpha value is -1.10. The molecule has 0 radical (unpaired) electrons. The third-order valence-electron chi connectivity index (χ3n) is 3.75. The minimum atomic E-state index is -0.353. The van der Waals surface area contributed by atoms with Gasteiger partial charge in [0, 0.05) is 19.8 Å². The van der Waals surface area contributed by atoms with Crippen LogP contribution in [0.25, 0.3) is 0 Å². The smallest absolute Gasteiger partial charge is 0.245 e. The van der Waals surface area contributed by atoms with Crippen molar-refractivity contribution in [2.75, 3.05) is 19.8 Å². The molecule has 1 aliphatic heterocycles. The van der Waals surface area contributed by atoms with Crippen molar-refractivity contribution in [3.63, 3.8) is 0 Å². The lowest BCUT2D eigenvalue weighted by molar-refractivity contribution is -0.151. The minimum Gasteiger partial charge on any atom is -0.381 e. The lowest BCUT2D eigenvalue weighted by atomic mass is 9.95. The van der Waals surface area contributed by atoms with Gasteiger partial charge in [-0.2, -0.15) is 0 Å². The zero-order valence-corrected chi connectivity index (χ0v) is 13.9. The number of rotatable bonds is 9. The fourth-order valence-electron chi connectivity index (χ4n) is 2.78. The number of nitrogens with one attached hydrogen (secondary N) is 1. The summed E-state index contributed by atoms with van der Waals surface area (Å²) in [5.74, 6) is 0.163. The topological polar surface area (TPSA) is 58.6 Å². The first kappa shape index (κ1) is 18.0. The fraction of sp³-hybridized carbons (Fsp3) is 0.875. The second-order valence-corrected chi connectivity index (χ2v) is 6.04. The number of hydrogen-bond acceptors (Lipinski definition) is 3. The largest absolute Gasteiger partial charge is 0.381 e. The van der Waals surface area contributed by atoms with Gasteiger partial charge in [0.1, 0.15) is 12.1 Å². The average molecular weight is 298 g/mol. The number of nitrogens with zero attached hydrogens (tertiary/aromatic N) is 1. The minimum absolute atomic E-state index is 0.0162. The Morgan fingerprint density at radius 3 is 2.48 bits per heavy atom. The lowest BCUT2D eigenvalue weighted by Crippen LogP contribution is -2.64. The first-order valence-corrected chi connectivity index (χ1v) is 8.21. The summed E-state index contributed by atoms with van der Waals surface area (Å²) in [6, 6.07) is -0.703. The first-order chi connectivity index (χ1) is 10.0. The van der Waals surface area contributed by atoms with Gasteiger partial charge in [-0.15, -0.1) is 0 Å². The molecular weight excluding hydrogens is 268 g/mol. The summed E-state index contributed by atoms with van der Waals surface area (Å²) in [4.78, 5) is 26.6. The van der Waals surface area contributed by atoms with Gasteiger partial charge in [-0.25, -0.2) is 0 Å². The van der Waals surface area contributed by atoms with Crippen molar-refractivity contribution in [3.05, 3.63) is 0 Å². The Balaban J connectivity index is 2.66. The van der Waals surface area contributed by atoms with Gasteiger partial charge >= 0.3 is 0 Å². The molecule has 2 atom stereocenters. The van der Waals surface area contributed by atoms with E-state index in [4.69, 9.17) is 4.74 Å². The average Bonchev–Trinajstić information content (AvgIpc) is 2.43. The van der Waals surface area contributed by atoms with Crippen molar-refractivity contribution >= 4 is 11.8 Å². The maximum Gasteiger partial charge on any atom is 0.245 e. The van der Waals surface area contributed by atoms with Gasteiger partial charge in [-0.3, -0.25) is 9.59 Å². The van der Waals surface area contributed by atoms with Gasteiger partial charge < -0.3 is 15.0 Å². The van der Waals surface area contributed by atoms with Crippen molar-refractivity contribution in [3.8, 4) is 0 Å². The Kier molecular flexibility index (Phi) is 7.72. The van der Waals surface area contributed by atoms with Crippen LogP contribution >= 0.6 is 0 Å². The summed E-state index contributed by atoms with van der Waals surface area (Å²) >= 11 is 0. The SMILES string of the molecule is CCCOCCCN1C(=O)C(CCC)NC(=O)C1C(C)C. The second-order valence-electron chi connectivity index (χ2n) is 6.04. The molecule has 1 rings (SSSR count). The van der Waals surface area contributed by atoms with Crippen LogP contribution in [0.15, 0.2) is 0 Å². The summed E-state index contributed by atoms with van der Waals surface area (Å²) in [5.41, 5.74) is 0. The second kappa shape index (κ2) is 9.03. The molecule has 2 unspecified atom stereocenters. The molecule has 122 valence electrons. The number of piperazine rings is 1. The molecule has 2 amide bonds. The maximum absolute atomic E-state index is 12.6. The molecule has 0 bridgehead atoms. The Morgan fingerprint density at radius 1 is 1.19 bits per heavy atom. The molecular formula is C16H30N2O3. The van der Waals surface area contributed by atoms with E-state index < -0.39 is 0 Å². The summed E-state index contributed by atoms with van der Waals surface area (Å²) < 4.78 is 5.47. The van der Waals surface area contributed by atoms with E-state index >= 15 is 0 Å². The molecule has 1 N–H and O–H groups in total. The van der Waals surface area contributed by atoms with Crippen molar-refractivity contribution in [2.24, 2.45) is 5.92 Å². The van der Waals surface area contributed by atoms with Crippen molar-refractivity contribution in [1.82, 2.24) is 10.2 Å². The van der Waals surface area contributed by atoms with Gasteiger partial charge in [0.15, 0.2) is 0 Å². The van der Waals surface area contributed by atoms with Crippen LogP contribution in [0.1, 0.15) is 53.4 Å². The van der Waals surface area contributed by atoms with Gasteiger partial charge in [-0.1, -0.05) is 34.1 Å². The van der Waals surface area contributed by atoms with E-state index in [0.717, 1.165) is 25.9 Å². The molecule has 0 aromatic carbocycles. The van der Waals surface area contributed by atoms with Crippen LogP contribution in [0.3, 0.4) is 0 Å². The predicted octanol–water partition coefficient (Wildman–Crippen LogP) is 1.95. The maximum atomic E-state index is 12.6. The highest BCUT2D eigenvalue weighted by Crippen LogP contribution is 2.19. The van der Waals surface area contributed by atoms with Gasteiger partial charge in [-0.05, 0) is 25.2 Å². The van der Waals surface area contributed by atoms with Crippen molar-refractivity contribution in [1.29, 1.82) is 0 Å². The van der Waals surface area contributed by atoms with Crippen LogP contribution in [-0.2, 0) is 14.3 Å². The Morgan fingerprint density at radius 2 is 1.90 bits per heavy atom. The number of carbonyl (C=O) groups excluding carboxylic acids is 2. The number of carbonyl (C=O) groups is 2. The third-order valence-corrected chi connectivity index (χ3v) is 3.75. The summed E-state index contributed by atoms with van der Waals surface area (Å²) in [6.07, 6.45) is 3.37. The first-order valence-electron chi connectivity index (χ1n) is 8.21. The van der Waals surface area contributed by atoms with Gasteiger partial charge in [0.25, 0.3) is 0 Å². The van der Waals surface area contributed by atoms with Crippen LogP contribution in [0, 0.1) is 5.92 Å². The monoisotopic (exact) mass is 298 g/mol. The van der Waals surface area contributed by atoms with Gasteiger partial charge in [0.2, 0.25) is 11.8 Å². The number of ether oxygens (including phenoxy) is 1. The third kappa shape index (κ3) is 4.99. The molecule has 0 aromatic rings. The van der Waals surface area contributed by atoms with E-state index in [1.165, 1.54) is 0 Å². The molecule has 21 heavy (non-hydrogen) atoms. The standard InChI is InChI=1S/C16H30N2O3/c1-5-8-13-16(20)18(9-7-11-21-10-6-2)14(12(3)4)15(19)17-13/h12-14H,5-11H2,1-4H3,(H,17,19). The zero-order chi connectivity index (χ0) is 15.8. The Bertz CT molecular complexity index is 344.